The molecule has 46 heavy (non-hydrogen) atoms. The first-order valence-corrected chi connectivity index (χ1v) is 14.2. The molecule has 15 heteroatoms. The summed E-state index contributed by atoms with van der Waals surface area (Å²) in [6, 6.07) is 21.3. The number of hydrogen-bond donors (Lipinski definition) is 6. The number of aliphatic carboxylic acids is 1. The second-order valence-electron chi connectivity index (χ2n) is 9.97. The van der Waals surface area contributed by atoms with E-state index in [-0.39, 0.29) is 28.1 Å². The van der Waals surface area contributed by atoms with Crippen molar-refractivity contribution >= 4 is 46.1 Å². The first-order chi connectivity index (χ1) is 21.7. The van der Waals surface area contributed by atoms with Crippen LogP contribution in [0.5, 0.6) is 5.75 Å². The molecule has 2 aromatic heterocycles. The van der Waals surface area contributed by atoms with Crippen LogP contribution < -0.4 is 16.2 Å². The molecule has 5 aromatic rings. The van der Waals surface area contributed by atoms with Crippen molar-refractivity contribution in [2.75, 3.05) is 0 Å². The minimum Gasteiger partial charge on any atom is -0.507 e. The molecule has 0 fully saturated rings. The number of H-pyrrole nitrogens is 2. The van der Waals surface area contributed by atoms with E-state index in [1.54, 1.807) is 37.3 Å². The number of aromatic nitrogens is 3. The lowest BCUT2D eigenvalue weighted by Gasteiger charge is -2.18. The molecule has 0 bridgehead atoms. The molecule has 6 N–H and O–H groups in total. The number of fused-ring (bicyclic) bond motifs is 1. The van der Waals surface area contributed by atoms with Crippen LogP contribution in [-0.4, -0.2) is 43.3 Å². The fourth-order valence-electron chi connectivity index (χ4n) is 4.35. The molecule has 0 aliphatic heterocycles. The molecular formula is C31H26Cl2F3N5O5. The Morgan fingerprint density at radius 1 is 0.978 bits per heavy atom. The molecule has 5 rings (SSSR count). The monoisotopic (exact) mass is 675 g/mol. The third kappa shape index (κ3) is 8.58. The van der Waals surface area contributed by atoms with Gasteiger partial charge in [0.05, 0.1) is 17.1 Å². The lowest BCUT2D eigenvalue weighted by molar-refractivity contribution is -0.192. The summed E-state index contributed by atoms with van der Waals surface area (Å²) in [5.74, 6) is -2.38. The Balaban J connectivity index is 0.000000617. The summed E-state index contributed by atoms with van der Waals surface area (Å²) in [7, 11) is 0. The van der Waals surface area contributed by atoms with Gasteiger partial charge in [0.1, 0.15) is 22.4 Å². The van der Waals surface area contributed by atoms with Crippen LogP contribution in [0.4, 0.5) is 18.0 Å². The van der Waals surface area contributed by atoms with Gasteiger partial charge in [0.15, 0.2) is 0 Å². The van der Waals surface area contributed by atoms with Crippen LogP contribution >= 0.6 is 23.2 Å². The van der Waals surface area contributed by atoms with Gasteiger partial charge in [-0.15, -0.1) is 0 Å². The molecular weight excluding hydrogens is 650 g/mol. The average Bonchev–Trinajstić information content (AvgIpc) is 3.40. The molecule has 3 aromatic carbocycles. The van der Waals surface area contributed by atoms with Crippen LogP contribution in [0.15, 0.2) is 77.6 Å². The molecule has 0 unspecified atom stereocenters. The zero-order chi connectivity index (χ0) is 33.6. The van der Waals surface area contributed by atoms with Gasteiger partial charge in [-0.2, -0.15) is 13.2 Å². The number of aromatic hydroxyl groups is 1. The normalized spacial score (nSPS) is 11.8. The smallest absolute Gasteiger partial charge is 0.490 e. The van der Waals surface area contributed by atoms with Gasteiger partial charge in [-0.05, 0) is 48.7 Å². The SMILES string of the molecule is Cc1c(O)c2cc(-c3nc([C@H](Cc4ccccc4)NC(=O)NCc4cccc(Cl)c4)[nH]c3Cl)ccc2[nH]c1=O.O=C(O)C(F)(F)F. The predicted octanol–water partition coefficient (Wildman–Crippen LogP) is 6.66. The number of aromatic amines is 2. The number of nitrogens with one attached hydrogen (secondary N) is 4. The Hall–Kier alpha value is -5.01. The summed E-state index contributed by atoms with van der Waals surface area (Å²) in [6.45, 7) is 1.86. The van der Waals surface area contributed by atoms with Crippen molar-refractivity contribution in [3.8, 4) is 17.0 Å². The van der Waals surface area contributed by atoms with Crippen LogP contribution in [0.3, 0.4) is 0 Å². The van der Waals surface area contributed by atoms with E-state index in [2.05, 4.69) is 20.6 Å². The standard InChI is InChI=1S/C29H25Cl2N5O3.C2HF3O2/c1-16-25(37)21-14-19(10-11-22(21)33-28(16)38)24-26(31)36-27(35-24)23(13-17-6-3-2-4-7-17)34-29(39)32-15-18-8-5-9-20(30)12-18;3-2(4,5)1(6)7/h2-12,14,23H,13,15H2,1H3,(H,35,36)(H2,32,34,39)(H2,33,37,38);(H,6,7)/t23-;/m0./s1. The zero-order valence-electron chi connectivity index (χ0n) is 23.9. The summed E-state index contributed by atoms with van der Waals surface area (Å²) >= 11 is 12.6. The van der Waals surface area contributed by atoms with E-state index in [0.717, 1.165) is 11.1 Å². The van der Waals surface area contributed by atoms with E-state index in [4.69, 9.17) is 38.1 Å². The van der Waals surface area contributed by atoms with Gasteiger partial charge in [0, 0.05) is 22.5 Å². The highest BCUT2D eigenvalue weighted by Crippen LogP contribution is 2.33. The third-order valence-electron chi connectivity index (χ3n) is 6.67. The fourth-order valence-corrected chi connectivity index (χ4v) is 4.81. The highest BCUT2D eigenvalue weighted by Gasteiger charge is 2.38. The largest absolute Gasteiger partial charge is 0.507 e. The van der Waals surface area contributed by atoms with Crippen LogP contribution in [0, 0.1) is 6.92 Å². The quantitative estimate of drug-likeness (QED) is 0.113. The summed E-state index contributed by atoms with van der Waals surface area (Å²) in [4.78, 5) is 44.4. The van der Waals surface area contributed by atoms with Gasteiger partial charge < -0.3 is 30.8 Å². The number of alkyl halides is 3. The highest BCUT2D eigenvalue weighted by atomic mass is 35.5. The summed E-state index contributed by atoms with van der Waals surface area (Å²) in [6.07, 6.45) is -4.62. The van der Waals surface area contributed by atoms with E-state index < -0.39 is 18.2 Å². The second kappa shape index (κ2) is 14.4. The fraction of sp³-hybridized carbons (Fsp3) is 0.161. The maximum Gasteiger partial charge on any atom is 0.490 e. The second-order valence-corrected chi connectivity index (χ2v) is 10.8. The van der Waals surface area contributed by atoms with Gasteiger partial charge in [0.25, 0.3) is 5.56 Å². The van der Waals surface area contributed by atoms with Gasteiger partial charge >= 0.3 is 18.2 Å². The molecule has 2 heterocycles. The molecule has 0 radical (unpaired) electrons. The number of rotatable bonds is 7. The molecule has 0 spiro atoms. The number of carbonyl (C=O) groups is 2. The Kier molecular flexibility index (Phi) is 10.6. The van der Waals surface area contributed by atoms with E-state index >= 15 is 0 Å². The molecule has 2 amide bonds. The van der Waals surface area contributed by atoms with E-state index in [1.165, 1.54) is 0 Å². The van der Waals surface area contributed by atoms with Crippen molar-refractivity contribution in [2.45, 2.75) is 32.1 Å². The maximum atomic E-state index is 12.9. The van der Waals surface area contributed by atoms with Crippen molar-refractivity contribution in [1.29, 1.82) is 0 Å². The van der Waals surface area contributed by atoms with Gasteiger partial charge in [-0.3, -0.25) is 4.79 Å². The van der Waals surface area contributed by atoms with Crippen molar-refractivity contribution in [3.05, 3.63) is 116 Å². The molecule has 0 saturated carbocycles. The number of benzene rings is 3. The number of halogens is 5. The maximum absolute atomic E-state index is 12.9. The molecule has 0 aliphatic carbocycles. The Bertz CT molecular complexity index is 1930. The Morgan fingerprint density at radius 3 is 2.30 bits per heavy atom. The Morgan fingerprint density at radius 2 is 1.65 bits per heavy atom. The molecule has 1 atom stereocenters. The minimum atomic E-state index is -5.08. The van der Waals surface area contributed by atoms with Crippen molar-refractivity contribution in [1.82, 2.24) is 25.6 Å². The lowest BCUT2D eigenvalue weighted by Crippen LogP contribution is -2.38. The van der Waals surface area contributed by atoms with Crippen LogP contribution in [0.25, 0.3) is 22.2 Å². The average molecular weight is 676 g/mol. The number of carbonyl (C=O) groups excluding carboxylic acids is 1. The third-order valence-corrected chi connectivity index (χ3v) is 7.18. The highest BCUT2D eigenvalue weighted by molar-refractivity contribution is 6.32. The number of urea groups is 1. The predicted molar refractivity (Wildman–Crippen MR) is 167 cm³/mol. The molecule has 0 aliphatic rings. The number of imidazole rings is 1. The van der Waals surface area contributed by atoms with Crippen LogP contribution in [0.1, 0.15) is 28.6 Å². The summed E-state index contributed by atoms with van der Waals surface area (Å²) < 4.78 is 31.7. The van der Waals surface area contributed by atoms with Crippen molar-refractivity contribution < 1.29 is 33.0 Å². The van der Waals surface area contributed by atoms with Crippen LogP contribution in [0.2, 0.25) is 10.2 Å². The number of nitrogens with zero attached hydrogens (tertiary/aromatic N) is 1. The molecule has 240 valence electrons. The summed E-state index contributed by atoms with van der Waals surface area (Å²) in [5.41, 5.74) is 3.34. The minimum absolute atomic E-state index is 0.0949. The first-order valence-electron chi connectivity index (χ1n) is 13.5. The van der Waals surface area contributed by atoms with E-state index in [0.29, 0.717) is 46.0 Å². The topological polar surface area (TPSA) is 160 Å². The first kappa shape index (κ1) is 33.9. The van der Waals surface area contributed by atoms with Crippen LogP contribution in [-0.2, 0) is 17.8 Å². The van der Waals surface area contributed by atoms with Gasteiger partial charge in [0.2, 0.25) is 0 Å². The number of hydrogen-bond acceptors (Lipinski definition) is 5. The zero-order valence-corrected chi connectivity index (χ0v) is 25.4. The number of amides is 2. The number of carboxylic acids is 1. The number of carboxylic acid groups (broad SMARTS) is 1. The molecule has 10 nitrogen and oxygen atoms in total. The summed E-state index contributed by atoms with van der Waals surface area (Å²) in [5, 5.41) is 24.9. The van der Waals surface area contributed by atoms with E-state index in [1.807, 2.05) is 42.5 Å². The number of pyridine rings is 1. The van der Waals surface area contributed by atoms with Gasteiger partial charge in [-0.25, -0.2) is 14.6 Å². The van der Waals surface area contributed by atoms with E-state index in [9.17, 15) is 27.9 Å². The van der Waals surface area contributed by atoms with Crippen molar-refractivity contribution in [2.24, 2.45) is 0 Å². The van der Waals surface area contributed by atoms with Crippen molar-refractivity contribution in [3.63, 3.8) is 0 Å². The Labute approximate surface area is 269 Å². The lowest BCUT2D eigenvalue weighted by atomic mass is 10.1. The molecule has 0 saturated heterocycles. The van der Waals surface area contributed by atoms with Gasteiger partial charge in [-0.1, -0.05) is 71.7 Å².